The molecule has 1 aliphatic heterocycles. The molecule has 1 aliphatic rings. The van der Waals surface area contributed by atoms with Crippen molar-refractivity contribution in [2.75, 3.05) is 13.6 Å². The van der Waals surface area contributed by atoms with E-state index < -0.39 is 0 Å². The second-order valence-electron chi connectivity index (χ2n) is 6.28. The fourth-order valence-electron chi connectivity index (χ4n) is 3.28. The lowest BCUT2D eigenvalue weighted by Crippen LogP contribution is -2.30. The van der Waals surface area contributed by atoms with Gasteiger partial charge in [-0.25, -0.2) is 4.79 Å². The third kappa shape index (κ3) is 2.75. The molecule has 4 nitrogen and oxygen atoms in total. The molecule has 0 fully saturated rings. The number of likely N-dealkylation sites (N-methyl/N-ethyl adjacent to an activating group) is 1. The Bertz CT molecular complexity index is 748. The van der Waals surface area contributed by atoms with Crippen molar-refractivity contribution >= 4 is 11.0 Å². The highest BCUT2D eigenvalue weighted by molar-refractivity contribution is 5.88. The van der Waals surface area contributed by atoms with Crippen molar-refractivity contribution in [3.63, 3.8) is 0 Å². The normalized spacial score (nSPS) is 15.2. The average Bonchev–Trinajstić information content (AvgIpc) is 2.46. The fourth-order valence-corrected chi connectivity index (χ4v) is 3.28. The van der Waals surface area contributed by atoms with Gasteiger partial charge in [-0.05, 0) is 49.6 Å². The van der Waals surface area contributed by atoms with Crippen molar-refractivity contribution in [1.82, 2.24) is 4.90 Å². The topological polar surface area (TPSA) is 53.7 Å². The molecule has 1 aromatic carbocycles. The van der Waals surface area contributed by atoms with Gasteiger partial charge in [-0.2, -0.15) is 0 Å². The van der Waals surface area contributed by atoms with E-state index in [1.165, 1.54) is 0 Å². The van der Waals surface area contributed by atoms with Gasteiger partial charge in [0, 0.05) is 18.7 Å². The van der Waals surface area contributed by atoms with Crippen LogP contribution in [0, 0.1) is 0 Å². The number of hydrogen-bond acceptors (Lipinski definition) is 4. The Labute approximate surface area is 130 Å². The molecule has 2 aromatic rings. The summed E-state index contributed by atoms with van der Waals surface area (Å²) in [7, 11) is 2.03. The highest BCUT2D eigenvalue weighted by Gasteiger charge is 2.22. The summed E-state index contributed by atoms with van der Waals surface area (Å²) >= 11 is 0. The van der Waals surface area contributed by atoms with Crippen LogP contribution in [0.5, 0.6) is 5.75 Å². The van der Waals surface area contributed by atoms with E-state index in [-0.39, 0.29) is 11.4 Å². The number of phenolic OH excluding ortho intramolecular Hbond substituents is 1. The number of aromatic hydroxyl groups is 1. The van der Waals surface area contributed by atoms with Crippen molar-refractivity contribution in [2.45, 2.75) is 45.6 Å². The second kappa shape index (κ2) is 6.13. The molecule has 0 atom stereocenters. The zero-order chi connectivity index (χ0) is 15.7. The number of aryl methyl sites for hydroxylation is 1. The van der Waals surface area contributed by atoms with E-state index in [0.29, 0.717) is 23.9 Å². The zero-order valence-corrected chi connectivity index (χ0v) is 13.3. The summed E-state index contributed by atoms with van der Waals surface area (Å²) in [6, 6.07) is 3.74. The molecule has 0 amide bonds. The maximum absolute atomic E-state index is 12.2. The number of hydrogen-bond donors (Lipinski definition) is 1. The van der Waals surface area contributed by atoms with Gasteiger partial charge < -0.3 is 14.4 Å². The molecule has 0 radical (unpaired) electrons. The molecular weight excluding hydrogens is 278 g/mol. The lowest BCUT2D eigenvalue weighted by molar-refractivity contribution is 0.309. The number of fused-ring (bicyclic) bond motifs is 3. The van der Waals surface area contributed by atoms with Crippen molar-refractivity contribution in [3.05, 3.63) is 39.2 Å². The standard InChI is InChI=1S/C18H23NO3/c1-3-4-5-6-12-9-15(20)17-14-11-19(2)8-7-13(14)18(21)22-16(17)10-12/h9-10,20H,3-8,11H2,1-2H3. The summed E-state index contributed by atoms with van der Waals surface area (Å²) in [6.07, 6.45) is 4.99. The summed E-state index contributed by atoms with van der Waals surface area (Å²) in [4.78, 5) is 14.4. The molecular formula is C18H23NO3. The van der Waals surface area contributed by atoms with Crippen molar-refractivity contribution < 1.29 is 9.52 Å². The number of unbranched alkanes of at least 4 members (excludes halogenated alkanes) is 2. The Balaban J connectivity index is 2.10. The monoisotopic (exact) mass is 301 g/mol. The van der Waals surface area contributed by atoms with Crippen molar-refractivity contribution in [3.8, 4) is 5.75 Å². The van der Waals surface area contributed by atoms with Crippen LogP contribution in [0.15, 0.2) is 21.3 Å². The van der Waals surface area contributed by atoms with Gasteiger partial charge in [-0.3, -0.25) is 0 Å². The average molecular weight is 301 g/mol. The van der Waals surface area contributed by atoms with Gasteiger partial charge in [0.2, 0.25) is 0 Å². The lowest BCUT2D eigenvalue weighted by atomic mass is 9.96. The molecule has 0 spiro atoms. The third-order valence-corrected chi connectivity index (χ3v) is 4.50. The summed E-state index contributed by atoms with van der Waals surface area (Å²) in [5, 5.41) is 11.2. The fraction of sp³-hybridized carbons (Fsp3) is 0.500. The minimum Gasteiger partial charge on any atom is -0.507 e. The third-order valence-electron chi connectivity index (χ3n) is 4.50. The van der Waals surface area contributed by atoms with Crippen LogP contribution in [-0.2, 0) is 19.4 Å². The predicted octanol–water partition coefficient (Wildman–Crippen LogP) is 3.22. The molecule has 2 heterocycles. The molecule has 0 bridgehead atoms. The van der Waals surface area contributed by atoms with E-state index in [1.54, 1.807) is 0 Å². The molecule has 0 saturated heterocycles. The molecule has 0 unspecified atom stereocenters. The van der Waals surface area contributed by atoms with Gasteiger partial charge in [-0.1, -0.05) is 19.8 Å². The molecule has 0 aliphatic carbocycles. The van der Waals surface area contributed by atoms with Gasteiger partial charge in [0.15, 0.2) is 0 Å². The largest absolute Gasteiger partial charge is 0.507 e. The number of nitrogens with zero attached hydrogens (tertiary/aromatic N) is 1. The number of benzene rings is 1. The smallest absolute Gasteiger partial charge is 0.339 e. The second-order valence-corrected chi connectivity index (χ2v) is 6.28. The number of rotatable bonds is 4. The molecule has 118 valence electrons. The van der Waals surface area contributed by atoms with Gasteiger partial charge >= 0.3 is 5.63 Å². The predicted molar refractivity (Wildman–Crippen MR) is 87.4 cm³/mol. The van der Waals surface area contributed by atoms with Crippen LogP contribution >= 0.6 is 0 Å². The van der Waals surface area contributed by atoms with Crippen molar-refractivity contribution in [2.24, 2.45) is 0 Å². The van der Waals surface area contributed by atoms with Gasteiger partial charge in [0.25, 0.3) is 0 Å². The van der Waals surface area contributed by atoms with Crippen molar-refractivity contribution in [1.29, 1.82) is 0 Å². The van der Waals surface area contributed by atoms with E-state index in [2.05, 4.69) is 11.8 Å². The lowest BCUT2D eigenvalue weighted by Gasteiger charge is -2.25. The molecule has 3 rings (SSSR count). The quantitative estimate of drug-likeness (QED) is 0.696. The number of phenols is 1. The van der Waals surface area contributed by atoms with Gasteiger partial charge in [0.1, 0.15) is 11.3 Å². The first kappa shape index (κ1) is 15.1. The van der Waals surface area contributed by atoms with Crippen LogP contribution in [0.4, 0.5) is 0 Å². The Morgan fingerprint density at radius 2 is 2.09 bits per heavy atom. The SMILES string of the molecule is CCCCCc1cc(O)c2c3c(c(=O)oc2c1)CCN(C)C3. The van der Waals surface area contributed by atoms with Crippen LogP contribution in [0.25, 0.3) is 11.0 Å². The summed E-state index contributed by atoms with van der Waals surface area (Å²) in [6.45, 7) is 3.69. The molecule has 1 aromatic heterocycles. The molecule has 4 heteroatoms. The van der Waals surface area contributed by atoms with Crippen LogP contribution in [-0.4, -0.2) is 23.6 Å². The van der Waals surface area contributed by atoms with E-state index in [0.717, 1.165) is 48.9 Å². The summed E-state index contributed by atoms with van der Waals surface area (Å²) in [5.74, 6) is 0.235. The Morgan fingerprint density at radius 3 is 2.86 bits per heavy atom. The van der Waals surface area contributed by atoms with Crippen LogP contribution in [0.2, 0.25) is 0 Å². The molecule has 22 heavy (non-hydrogen) atoms. The first-order valence-electron chi connectivity index (χ1n) is 8.09. The van der Waals surface area contributed by atoms with Crippen LogP contribution < -0.4 is 5.63 Å². The van der Waals surface area contributed by atoms with Gasteiger partial charge in [0.05, 0.1) is 5.39 Å². The molecule has 0 saturated carbocycles. The van der Waals surface area contributed by atoms with E-state index >= 15 is 0 Å². The zero-order valence-electron chi connectivity index (χ0n) is 13.3. The molecule has 1 N–H and O–H groups in total. The Hall–Kier alpha value is -1.81. The highest BCUT2D eigenvalue weighted by atomic mass is 16.4. The maximum atomic E-state index is 12.2. The Kier molecular flexibility index (Phi) is 4.21. The van der Waals surface area contributed by atoms with Crippen LogP contribution in [0.3, 0.4) is 0 Å². The summed E-state index contributed by atoms with van der Waals surface area (Å²) in [5.41, 5.74) is 2.95. The first-order valence-corrected chi connectivity index (χ1v) is 8.09. The van der Waals surface area contributed by atoms with E-state index in [1.807, 2.05) is 19.2 Å². The maximum Gasteiger partial charge on any atom is 0.339 e. The highest BCUT2D eigenvalue weighted by Crippen LogP contribution is 2.33. The minimum atomic E-state index is -0.249. The minimum absolute atomic E-state index is 0.235. The van der Waals surface area contributed by atoms with Gasteiger partial charge in [-0.15, -0.1) is 0 Å². The summed E-state index contributed by atoms with van der Waals surface area (Å²) < 4.78 is 5.49. The Morgan fingerprint density at radius 1 is 1.27 bits per heavy atom. The first-order chi connectivity index (χ1) is 10.6. The van der Waals surface area contributed by atoms with E-state index in [9.17, 15) is 9.90 Å². The van der Waals surface area contributed by atoms with E-state index in [4.69, 9.17) is 4.42 Å². The van der Waals surface area contributed by atoms with Crippen LogP contribution in [0.1, 0.15) is 42.9 Å².